The zero-order valence-electron chi connectivity index (χ0n) is 53.1. The fourth-order valence-electron chi connectivity index (χ4n) is 28.1. The number of rotatable bonds is 5. The quantitative estimate of drug-likeness (QED) is 0.0627. The Balaban J connectivity index is 0.855. The molecule has 6 N–H and O–H groups in total. The number of ether oxygens (including phenoxy) is 2. The Morgan fingerprint density at radius 3 is 2.38 bits per heavy atom. The van der Waals surface area contributed by atoms with Crippen LogP contribution in [0.15, 0.2) is 96.6 Å². The van der Waals surface area contributed by atoms with Gasteiger partial charge in [-0.2, -0.15) is 0 Å². The summed E-state index contributed by atoms with van der Waals surface area (Å²) in [5.74, 6) is 8.21. The lowest BCUT2D eigenvalue weighted by atomic mass is 9.31. The van der Waals surface area contributed by atoms with E-state index in [1.54, 1.807) is 6.08 Å². The number of carbonyl (C=O) groups is 2. The molecule has 3 aromatic rings. The molecule has 10 saturated carbocycles. The van der Waals surface area contributed by atoms with Gasteiger partial charge in [0.2, 0.25) is 0 Å². The molecule has 19 rings (SSSR count). The van der Waals surface area contributed by atoms with Crippen molar-refractivity contribution in [2.45, 2.75) is 214 Å². The smallest absolute Gasteiger partial charge is 0.331 e. The van der Waals surface area contributed by atoms with Crippen LogP contribution >= 0.6 is 0 Å². The average Bonchev–Trinajstić information content (AvgIpc) is 1.30. The molecule has 0 radical (unpaired) electrons. The number of hydrogen-bond donors (Lipinski definition) is 6. The lowest BCUT2D eigenvalue weighted by Gasteiger charge is -2.76. The van der Waals surface area contributed by atoms with Crippen molar-refractivity contribution in [2.24, 2.45) is 104 Å². The van der Waals surface area contributed by atoms with Crippen LogP contribution in [0.25, 0.3) is 0 Å². The van der Waals surface area contributed by atoms with Crippen molar-refractivity contribution in [3.05, 3.63) is 130 Å². The van der Waals surface area contributed by atoms with Crippen LogP contribution in [0.5, 0.6) is 0 Å². The fourth-order valence-corrected chi connectivity index (χ4v) is 28.1. The van der Waals surface area contributed by atoms with Crippen LogP contribution in [0.2, 0.25) is 0 Å². The first-order valence-corrected chi connectivity index (χ1v) is 36.2. The first kappa shape index (κ1) is 58.2. The van der Waals surface area contributed by atoms with E-state index in [1.807, 2.05) is 19.2 Å². The molecule has 3 aliphatic heterocycles. The van der Waals surface area contributed by atoms with Gasteiger partial charge in [0.1, 0.15) is 18.0 Å². The first-order valence-electron chi connectivity index (χ1n) is 36.2. The molecule has 11 fully saturated rings. The normalized spacial score (nSPS) is 49.2. The molecular formula is C80H97NO9. The number of aliphatic hydroxyl groups is 5. The van der Waals surface area contributed by atoms with Crippen molar-refractivity contribution in [1.29, 1.82) is 0 Å². The van der Waals surface area contributed by atoms with E-state index in [2.05, 4.69) is 90.0 Å². The molecule has 25 unspecified atom stereocenters. The van der Waals surface area contributed by atoms with Crippen molar-refractivity contribution in [3.8, 4) is 11.8 Å². The summed E-state index contributed by atoms with van der Waals surface area (Å²) >= 11 is 0. The highest BCUT2D eigenvalue weighted by atomic mass is 16.5. The predicted octanol–water partition coefficient (Wildman–Crippen LogP) is 11.5. The summed E-state index contributed by atoms with van der Waals surface area (Å²) in [7, 11) is 1.96. The third-order valence-electron chi connectivity index (χ3n) is 31.1. The molecule has 13 aliphatic carbocycles. The van der Waals surface area contributed by atoms with E-state index in [0.717, 1.165) is 106 Å². The second kappa shape index (κ2) is 20.5. The van der Waals surface area contributed by atoms with E-state index in [9.17, 15) is 15.0 Å². The highest BCUT2D eigenvalue weighted by Gasteiger charge is 2.89. The molecule has 16 aliphatic rings. The molecule has 10 heteroatoms. The second-order valence-corrected chi connectivity index (χ2v) is 33.7. The number of fused-ring (bicyclic) bond motifs is 11. The van der Waals surface area contributed by atoms with E-state index in [4.69, 9.17) is 9.47 Å². The van der Waals surface area contributed by atoms with Gasteiger partial charge in [-0.15, -0.1) is 0 Å². The lowest BCUT2D eigenvalue weighted by molar-refractivity contribution is -0.374. The van der Waals surface area contributed by atoms with Crippen molar-refractivity contribution >= 4 is 12.3 Å². The Kier molecular flexibility index (Phi) is 13.3. The standard InChI is InChI=1S/C80H97NO9/c1-81-68-38-62-51(14-8-16-55(62)42-82)22-26-73(24-5-6-25-73)43-75-27-23-69-74(45-83)44-76-57(33-56-32-52(20-21-65(56)76)50-12-3-2-4-13-50)35-60-31-48-11-7-10-47(28-48)29-49-18-19-54(30-49)61-17-9-15-53-34-67(72(76)89-60)80(74,88)59(37-63(53)61)40-78(69,86)79(75,87)41-58-36-64(68)71-66(39-70(85)90-71)77(58,75)46-84/h2-4,7-16,28,39,45,49,52-54,56-61,63-65,67-69,71-72,81-82,84,86-88H,5-6,17-21,23-25,27,29-38,40-44,46H2,1H3. The molecule has 3 aromatic carbocycles. The van der Waals surface area contributed by atoms with Crippen molar-refractivity contribution in [3.63, 3.8) is 0 Å². The van der Waals surface area contributed by atoms with E-state index >= 15 is 20.1 Å². The Bertz CT molecular complexity index is 3530. The van der Waals surface area contributed by atoms with Gasteiger partial charge in [0.15, 0.2) is 0 Å². The van der Waals surface area contributed by atoms with Crippen molar-refractivity contribution in [2.75, 3.05) is 13.7 Å². The number of likely N-dealkylation sites (N-methyl/N-ethyl adjacent to an activating group) is 1. The monoisotopic (exact) mass is 1220 g/mol. The number of carbonyl (C=O) groups excluding carboxylic acids is 2. The molecule has 1 saturated heterocycles. The van der Waals surface area contributed by atoms with Gasteiger partial charge in [0.05, 0.1) is 42.0 Å². The van der Waals surface area contributed by atoms with Gasteiger partial charge in [0.25, 0.3) is 0 Å². The Morgan fingerprint density at radius 2 is 1.57 bits per heavy atom. The number of esters is 1. The molecule has 476 valence electrons. The highest BCUT2D eigenvalue weighted by molar-refractivity contribution is 5.87. The minimum atomic E-state index is -1.89. The predicted molar refractivity (Wildman–Crippen MR) is 342 cm³/mol. The zero-order chi connectivity index (χ0) is 61.0. The molecule has 0 amide bonds. The van der Waals surface area contributed by atoms with E-state index in [1.165, 1.54) is 42.2 Å². The second-order valence-electron chi connectivity index (χ2n) is 33.7. The summed E-state index contributed by atoms with van der Waals surface area (Å²) in [6, 6.07) is 26.4. The summed E-state index contributed by atoms with van der Waals surface area (Å²) < 4.78 is 14.8. The summed E-state index contributed by atoms with van der Waals surface area (Å²) in [5.41, 5.74) is -2.61. The number of aliphatic hydroxyl groups excluding tert-OH is 2. The number of nitrogens with one attached hydrogen (secondary N) is 1. The van der Waals surface area contributed by atoms with E-state index < -0.39 is 67.8 Å². The van der Waals surface area contributed by atoms with Crippen LogP contribution in [0.1, 0.15) is 181 Å². The van der Waals surface area contributed by atoms with Gasteiger partial charge in [-0.1, -0.05) is 104 Å². The Morgan fingerprint density at radius 1 is 0.744 bits per heavy atom. The molecule has 90 heavy (non-hydrogen) atoms. The van der Waals surface area contributed by atoms with Crippen LogP contribution in [0.4, 0.5) is 0 Å². The first-order chi connectivity index (χ1) is 43.7. The molecule has 10 nitrogen and oxygen atoms in total. The summed E-state index contributed by atoms with van der Waals surface area (Å²) in [4.78, 5) is 30.7. The minimum absolute atomic E-state index is 0.0443. The summed E-state index contributed by atoms with van der Waals surface area (Å²) in [6.45, 7) is -0.460. The zero-order valence-corrected chi connectivity index (χ0v) is 53.1. The van der Waals surface area contributed by atoms with Crippen LogP contribution in [0.3, 0.4) is 0 Å². The van der Waals surface area contributed by atoms with Gasteiger partial charge in [0, 0.05) is 57.1 Å². The van der Waals surface area contributed by atoms with Gasteiger partial charge >= 0.3 is 5.97 Å². The van der Waals surface area contributed by atoms with Crippen LogP contribution in [-0.4, -0.2) is 92.6 Å². The van der Waals surface area contributed by atoms with Crippen LogP contribution in [-0.2, 0) is 44.9 Å². The molecule has 14 bridgehead atoms. The summed E-state index contributed by atoms with van der Waals surface area (Å²) in [6.07, 6.45) is 26.4. The Labute approximate surface area is 533 Å². The van der Waals surface area contributed by atoms with Gasteiger partial charge in [-0.3, -0.25) is 0 Å². The van der Waals surface area contributed by atoms with Crippen molar-refractivity contribution in [1.82, 2.24) is 5.32 Å². The molecular weight excluding hydrogens is 1120 g/mol. The molecule has 3 heterocycles. The number of aldehydes is 1. The van der Waals surface area contributed by atoms with Gasteiger partial charge < -0.3 is 45.1 Å². The number of allylic oxidation sites excluding steroid dienone is 2. The van der Waals surface area contributed by atoms with Crippen LogP contribution in [0, 0.1) is 116 Å². The van der Waals surface area contributed by atoms with E-state index in [0.29, 0.717) is 74.5 Å². The summed E-state index contributed by atoms with van der Waals surface area (Å²) in [5, 5.41) is 74.9. The van der Waals surface area contributed by atoms with Gasteiger partial charge in [-0.05, 0) is 259 Å². The van der Waals surface area contributed by atoms with Crippen LogP contribution < -0.4 is 5.32 Å². The topological polar surface area (TPSA) is 166 Å². The maximum absolute atomic E-state index is 16.3. The average molecular weight is 1220 g/mol. The molecule has 3 spiro atoms. The SMILES string of the molecule is CNC1Cc2c(cccc2CO)C#CC2(CCCC2)CC23CCC4C(O)(CC5CC6C7C=CCC6C6CCC(Cc8cccc(c8)CC8CC9CC%10CC(c%11ccccc%11)CCC%10C9%10CC4(C=O)C5(O)C(C7)C%10O8)C6)C2(O)CC2CC1C1OC(=O)C=C1C23CO. The third-order valence-corrected chi connectivity index (χ3v) is 31.1. The van der Waals surface area contributed by atoms with Crippen molar-refractivity contribution < 1.29 is 44.6 Å². The lowest BCUT2D eigenvalue weighted by Crippen LogP contribution is -2.84. The largest absolute Gasteiger partial charge is 0.454 e. The number of benzene rings is 3. The molecule has 0 aromatic heterocycles. The van der Waals surface area contributed by atoms with E-state index in [-0.39, 0.29) is 85.7 Å². The fraction of sp³-hybridized carbons (Fsp3) is 0.675. The Hall–Kier alpha value is -4.44. The third kappa shape index (κ3) is 7.56. The maximum atomic E-state index is 16.3. The van der Waals surface area contributed by atoms with Gasteiger partial charge in [-0.25, -0.2) is 4.79 Å². The molecule has 25 atom stereocenters. The number of hydrogen-bond acceptors (Lipinski definition) is 10. The maximum Gasteiger partial charge on any atom is 0.331 e. The minimum Gasteiger partial charge on any atom is -0.454 e. The highest BCUT2D eigenvalue weighted by Crippen LogP contribution is 2.84.